The van der Waals surface area contributed by atoms with Gasteiger partial charge in [-0.2, -0.15) is 0 Å². The molecule has 3 nitrogen and oxygen atoms in total. The van der Waals surface area contributed by atoms with E-state index in [9.17, 15) is 0 Å². The molecule has 1 unspecified atom stereocenters. The molecule has 0 radical (unpaired) electrons. The van der Waals surface area contributed by atoms with Gasteiger partial charge in [-0.3, -0.25) is 0 Å². The minimum Gasteiger partial charge on any atom is -0.461 e. The van der Waals surface area contributed by atoms with Gasteiger partial charge in [0, 0.05) is 22.4 Å². The van der Waals surface area contributed by atoms with Crippen molar-refractivity contribution in [3.63, 3.8) is 0 Å². The highest BCUT2D eigenvalue weighted by atomic mass is 79.9. The highest BCUT2D eigenvalue weighted by Gasteiger charge is 2.26. The van der Waals surface area contributed by atoms with Crippen molar-refractivity contribution in [3.8, 4) is 0 Å². The van der Waals surface area contributed by atoms with Gasteiger partial charge in [0.1, 0.15) is 22.7 Å². The largest absolute Gasteiger partial charge is 0.461 e. The van der Waals surface area contributed by atoms with E-state index in [2.05, 4.69) is 33.4 Å². The maximum Gasteiger partial charge on any atom is 0.149 e. The summed E-state index contributed by atoms with van der Waals surface area (Å²) in [5.74, 6) is 1.87. The van der Waals surface area contributed by atoms with E-state index in [1.165, 1.54) is 23.8 Å². The highest BCUT2D eigenvalue weighted by Crippen LogP contribution is 2.43. The number of benzene rings is 1. The van der Waals surface area contributed by atoms with E-state index in [1.807, 2.05) is 13.8 Å². The van der Waals surface area contributed by atoms with Gasteiger partial charge < -0.3 is 14.2 Å². The van der Waals surface area contributed by atoms with Crippen molar-refractivity contribution in [2.24, 2.45) is 0 Å². The van der Waals surface area contributed by atoms with Gasteiger partial charge in [-0.25, -0.2) is 0 Å². The normalized spacial score (nSPS) is 19.7. The third-order valence-electron chi connectivity index (χ3n) is 4.34. The number of rotatable bonds is 1. The summed E-state index contributed by atoms with van der Waals surface area (Å²) in [6, 6.07) is 4.56. The third kappa shape index (κ3) is 2.04. The van der Waals surface area contributed by atoms with Gasteiger partial charge >= 0.3 is 0 Å². The average molecular weight is 348 g/mol. The number of hydrogen-bond acceptors (Lipinski definition) is 3. The van der Waals surface area contributed by atoms with Crippen LogP contribution in [0.5, 0.6) is 0 Å². The summed E-state index contributed by atoms with van der Waals surface area (Å²) in [5.41, 5.74) is 3.18. The lowest BCUT2D eigenvalue weighted by molar-refractivity contribution is 0.412. The van der Waals surface area contributed by atoms with Crippen molar-refractivity contribution in [1.82, 2.24) is 5.32 Å². The molecule has 0 bridgehead atoms. The first-order valence-corrected chi connectivity index (χ1v) is 8.29. The number of hydrogen-bond donors (Lipinski definition) is 1. The molecule has 1 atom stereocenters. The second-order valence-electron chi connectivity index (χ2n) is 5.93. The molecule has 3 aromatic rings. The Morgan fingerprint density at radius 3 is 2.48 bits per heavy atom. The van der Waals surface area contributed by atoms with E-state index < -0.39 is 0 Å². The third-order valence-corrected chi connectivity index (χ3v) is 5.13. The fourth-order valence-electron chi connectivity index (χ4n) is 3.44. The van der Waals surface area contributed by atoms with Gasteiger partial charge in [0.2, 0.25) is 0 Å². The molecule has 2 aromatic heterocycles. The molecular weight excluding hydrogens is 330 g/mol. The van der Waals surface area contributed by atoms with Crippen molar-refractivity contribution in [2.45, 2.75) is 39.2 Å². The maximum atomic E-state index is 6.04. The monoisotopic (exact) mass is 347 g/mol. The molecular formula is C17H18BrNO2. The first-order valence-electron chi connectivity index (χ1n) is 7.50. The summed E-state index contributed by atoms with van der Waals surface area (Å²) in [4.78, 5) is 0. The number of fused-ring (bicyclic) bond motifs is 2. The van der Waals surface area contributed by atoms with Crippen LogP contribution in [-0.2, 0) is 0 Å². The lowest BCUT2D eigenvalue weighted by Gasteiger charge is -2.24. The van der Waals surface area contributed by atoms with Crippen molar-refractivity contribution in [3.05, 3.63) is 33.7 Å². The lowest BCUT2D eigenvalue weighted by atomic mass is 9.93. The smallest absolute Gasteiger partial charge is 0.149 e. The minimum absolute atomic E-state index is 0.347. The van der Waals surface area contributed by atoms with Crippen LogP contribution in [0.1, 0.15) is 42.4 Å². The number of furan rings is 2. The number of aryl methyl sites for hydroxylation is 2. The summed E-state index contributed by atoms with van der Waals surface area (Å²) in [6.07, 6.45) is 3.66. The Kier molecular flexibility index (Phi) is 3.12. The van der Waals surface area contributed by atoms with Crippen LogP contribution in [0.2, 0.25) is 0 Å². The van der Waals surface area contributed by atoms with Crippen LogP contribution >= 0.6 is 15.9 Å². The van der Waals surface area contributed by atoms with Crippen molar-refractivity contribution < 1.29 is 8.83 Å². The number of nitrogens with one attached hydrogen (secondary N) is 1. The van der Waals surface area contributed by atoms with Crippen LogP contribution in [0, 0.1) is 13.8 Å². The SMILES string of the molecule is Cc1cc2c(C3CCCCN3)c3oc(C)cc3c(Br)c2o1. The first kappa shape index (κ1) is 13.4. The predicted octanol–water partition coefficient (Wildman–Crippen LogP) is 5.37. The second-order valence-corrected chi connectivity index (χ2v) is 6.72. The molecule has 0 amide bonds. The van der Waals surface area contributed by atoms with Gasteiger partial charge in [-0.1, -0.05) is 6.42 Å². The lowest BCUT2D eigenvalue weighted by Crippen LogP contribution is -2.27. The van der Waals surface area contributed by atoms with E-state index in [0.29, 0.717) is 6.04 Å². The molecule has 1 aliphatic heterocycles. The zero-order chi connectivity index (χ0) is 14.6. The fourth-order valence-corrected chi connectivity index (χ4v) is 4.03. The van der Waals surface area contributed by atoms with Crippen LogP contribution in [0.4, 0.5) is 0 Å². The average Bonchev–Trinajstić information content (AvgIpc) is 3.03. The molecule has 1 aromatic carbocycles. The van der Waals surface area contributed by atoms with E-state index in [0.717, 1.165) is 45.5 Å². The molecule has 0 saturated carbocycles. The number of piperidine rings is 1. The molecule has 1 fully saturated rings. The summed E-state index contributed by atoms with van der Waals surface area (Å²) < 4.78 is 13.0. The van der Waals surface area contributed by atoms with E-state index in [-0.39, 0.29) is 0 Å². The van der Waals surface area contributed by atoms with Crippen molar-refractivity contribution in [1.29, 1.82) is 0 Å². The highest BCUT2D eigenvalue weighted by molar-refractivity contribution is 9.10. The number of halogens is 1. The zero-order valence-electron chi connectivity index (χ0n) is 12.3. The predicted molar refractivity (Wildman–Crippen MR) is 87.8 cm³/mol. The van der Waals surface area contributed by atoms with Gasteiger partial charge in [0.25, 0.3) is 0 Å². The maximum absolute atomic E-state index is 6.04. The fraction of sp³-hybridized carbons (Fsp3) is 0.412. The Morgan fingerprint density at radius 2 is 1.76 bits per heavy atom. The molecule has 1 N–H and O–H groups in total. The summed E-state index contributed by atoms with van der Waals surface area (Å²) >= 11 is 3.69. The van der Waals surface area contributed by atoms with Crippen LogP contribution < -0.4 is 5.32 Å². The van der Waals surface area contributed by atoms with E-state index in [4.69, 9.17) is 8.83 Å². The molecule has 0 spiro atoms. The molecule has 4 rings (SSSR count). The van der Waals surface area contributed by atoms with Gasteiger partial charge in [-0.15, -0.1) is 0 Å². The standard InChI is InChI=1S/C17H18BrNO2/c1-9-7-11-14(13-5-3-4-6-19-13)16-12(8-10(2)20-16)15(18)17(11)21-9/h7-8,13,19H,3-6H2,1-2H3. The Morgan fingerprint density at radius 1 is 1.05 bits per heavy atom. The molecule has 110 valence electrons. The van der Waals surface area contributed by atoms with Crippen molar-refractivity contribution >= 4 is 37.9 Å². The first-order chi connectivity index (χ1) is 10.1. The Hall–Kier alpha value is -1.26. The van der Waals surface area contributed by atoms with Gasteiger partial charge in [0.15, 0.2) is 0 Å². The van der Waals surface area contributed by atoms with Crippen LogP contribution in [-0.4, -0.2) is 6.54 Å². The zero-order valence-corrected chi connectivity index (χ0v) is 13.8. The van der Waals surface area contributed by atoms with Crippen LogP contribution in [0.25, 0.3) is 21.9 Å². The minimum atomic E-state index is 0.347. The van der Waals surface area contributed by atoms with Crippen molar-refractivity contribution in [2.75, 3.05) is 6.54 Å². The molecule has 1 saturated heterocycles. The molecule has 1 aliphatic rings. The summed E-state index contributed by atoms with van der Waals surface area (Å²) in [5, 5.41) is 5.92. The van der Waals surface area contributed by atoms with E-state index in [1.54, 1.807) is 0 Å². The van der Waals surface area contributed by atoms with Gasteiger partial charge in [-0.05, 0) is 61.3 Å². The second kappa shape index (κ2) is 4.89. The molecule has 0 aliphatic carbocycles. The quantitative estimate of drug-likeness (QED) is 0.642. The Bertz CT molecular complexity index is 767. The Balaban J connectivity index is 2.09. The van der Waals surface area contributed by atoms with Crippen LogP contribution in [0.15, 0.2) is 25.4 Å². The summed E-state index contributed by atoms with van der Waals surface area (Å²) in [6.45, 7) is 5.06. The van der Waals surface area contributed by atoms with Crippen LogP contribution in [0.3, 0.4) is 0 Å². The molecule has 4 heteroatoms. The summed E-state index contributed by atoms with van der Waals surface area (Å²) in [7, 11) is 0. The topological polar surface area (TPSA) is 38.3 Å². The Labute approximate surface area is 131 Å². The van der Waals surface area contributed by atoms with E-state index >= 15 is 0 Å². The molecule has 3 heterocycles. The molecule has 21 heavy (non-hydrogen) atoms. The van der Waals surface area contributed by atoms with Gasteiger partial charge in [0.05, 0.1) is 4.47 Å².